The Labute approximate surface area is 158 Å². The van der Waals surface area contributed by atoms with Crippen LogP contribution in [0.15, 0.2) is 28.4 Å². The van der Waals surface area contributed by atoms with Crippen LogP contribution in [-0.2, 0) is 6.42 Å². The van der Waals surface area contributed by atoms with E-state index >= 15 is 0 Å². The largest absolute Gasteiger partial charge is 0.497 e. The van der Waals surface area contributed by atoms with Crippen molar-refractivity contribution in [2.75, 3.05) is 7.11 Å². The summed E-state index contributed by atoms with van der Waals surface area (Å²) in [5.41, 5.74) is 2.47. The minimum absolute atomic E-state index is 0.0415. The minimum Gasteiger partial charge on any atom is -0.497 e. The molecule has 130 valence electrons. The van der Waals surface area contributed by atoms with Crippen molar-refractivity contribution >= 4 is 22.6 Å². The van der Waals surface area contributed by atoms with Gasteiger partial charge < -0.3 is 9.84 Å². The Morgan fingerprint density at radius 3 is 2.83 bits per heavy atom. The second kappa shape index (κ2) is 6.01. The van der Waals surface area contributed by atoms with Crippen LogP contribution in [0.5, 0.6) is 5.75 Å². The van der Waals surface area contributed by atoms with Gasteiger partial charge in [-0.3, -0.25) is 0 Å². The average Bonchev–Trinajstić information content (AvgIpc) is 2.86. The zero-order valence-electron chi connectivity index (χ0n) is 14.6. The van der Waals surface area contributed by atoms with Crippen molar-refractivity contribution in [1.82, 2.24) is 0 Å². The van der Waals surface area contributed by atoms with Crippen LogP contribution in [0.4, 0.5) is 0 Å². The molecule has 0 bridgehead atoms. The molecule has 0 heterocycles. The van der Waals surface area contributed by atoms with Gasteiger partial charge in [-0.25, -0.2) is 0 Å². The van der Waals surface area contributed by atoms with E-state index in [1.54, 1.807) is 12.7 Å². The van der Waals surface area contributed by atoms with Crippen LogP contribution in [-0.4, -0.2) is 17.8 Å². The molecule has 24 heavy (non-hydrogen) atoms. The number of hydrogen-bond donors (Lipinski definition) is 1. The molecule has 0 saturated heterocycles. The highest BCUT2D eigenvalue weighted by Crippen LogP contribution is 2.64. The van der Waals surface area contributed by atoms with Crippen LogP contribution in [0.25, 0.3) is 0 Å². The lowest BCUT2D eigenvalue weighted by Crippen LogP contribution is -2.49. The first-order chi connectivity index (χ1) is 11.5. The molecule has 0 aromatic heterocycles. The second-order valence-electron chi connectivity index (χ2n) is 8.19. The predicted molar refractivity (Wildman–Crippen MR) is 106 cm³/mol. The molecule has 1 N–H and O–H groups in total. The summed E-state index contributed by atoms with van der Waals surface area (Å²) in [5.74, 6) is 3.02. The number of halogens is 1. The third-order valence-corrected chi connectivity index (χ3v) is 7.85. The molecule has 4 rings (SSSR count). The van der Waals surface area contributed by atoms with E-state index in [0.717, 1.165) is 30.9 Å². The summed E-state index contributed by atoms with van der Waals surface area (Å²) in [7, 11) is 1.75. The van der Waals surface area contributed by atoms with E-state index in [2.05, 4.69) is 53.8 Å². The smallest absolute Gasteiger partial charge is 0.119 e. The fourth-order valence-electron chi connectivity index (χ4n) is 6.11. The lowest BCUT2D eigenvalue weighted by molar-refractivity contribution is -0.0708. The molecule has 0 radical (unpaired) electrons. The highest BCUT2D eigenvalue weighted by molar-refractivity contribution is 14.1. The first-order valence-electron chi connectivity index (χ1n) is 9.19. The van der Waals surface area contributed by atoms with Gasteiger partial charge in [0.25, 0.3) is 0 Å². The molecule has 0 amide bonds. The summed E-state index contributed by atoms with van der Waals surface area (Å²) in [6.07, 6.45) is 8.90. The van der Waals surface area contributed by atoms with Gasteiger partial charge in [-0.1, -0.05) is 35.6 Å². The van der Waals surface area contributed by atoms with Gasteiger partial charge in [-0.05, 0) is 89.7 Å². The van der Waals surface area contributed by atoms with Crippen molar-refractivity contribution in [1.29, 1.82) is 0 Å². The third-order valence-electron chi connectivity index (χ3n) is 7.49. The van der Waals surface area contributed by atoms with Crippen LogP contribution in [0.2, 0.25) is 0 Å². The zero-order chi connectivity index (χ0) is 16.9. The van der Waals surface area contributed by atoms with Crippen LogP contribution < -0.4 is 4.74 Å². The van der Waals surface area contributed by atoms with Crippen LogP contribution in [0.3, 0.4) is 0 Å². The van der Waals surface area contributed by atoms with Gasteiger partial charge in [-0.15, -0.1) is 0 Å². The molecule has 2 fully saturated rings. The zero-order valence-corrected chi connectivity index (χ0v) is 16.8. The third kappa shape index (κ3) is 2.30. The first kappa shape index (κ1) is 16.9. The molecular weight excluding hydrogens is 411 g/mol. The van der Waals surface area contributed by atoms with E-state index in [-0.39, 0.29) is 5.41 Å². The van der Waals surface area contributed by atoms with Gasteiger partial charge in [-0.2, -0.15) is 0 Å². The fraction of sp³-hybridized carbons (Fsp3) is 0.619. The molecular formula is C21H27IO2. The highest BCUT2D eigenvalue weighted by Gasteiger charge is 2.60. The maximum atomic E-state index is 11.3. The van der Waals surface area contributed by atoms with Gasteiger partial charge in [0.05, 0.1) is 12.7 Å². The standard InChI is InChI=1S/C21H27IO2/c1-20-9-7-17-16-6-4-15(24-2)13-14(16)3-5-18(17)19(20)8-10-21(20,23)11-12-22/h4,6,11-13,17-19,23H,3,5,7-10H2,1-2H3/b12-11+/t17-,18-,19+,20+,21-/m1/s1. The molecule has 5 atom stereocenters. The van der Waals surface area contributed by atoms with Crippen LogP contribution >= 0.6 is 22.6 Å². The molecule has 0 unspecified atom stereocenters. The highest BCUT2D eigenvalue weighted by atomic mass is 127. The monoisotopic (exact) mass is 438 g/mol. The molecule has 2 saturated carbocycles. The van der Waals surface area contributed by atoms with Gasteiger partial charge in [0, 0.05) is 5.41 Å². The summed E-state index contributed by atoms with van der Waals surface area (Å²) in [6.45, 7) is 2.35. The lowest BCUT2D eigenvalue weighted by Gasteiger charge is -2.52. The second-order valence-corrected chi connectivity index (χ2v) is 8.91. The fourth-order valence-corrected chi connectivity index (χ4v) is 6.71. The number of benzene rings is 1. The van der Waals surface area contributed by atoms with Crippen molar-refractivity contribution in [2.24, 2.45) is 17.3 Å². The minimum atomic E-state index is -0.607. The van der Waals surface area contributed by atoms with E-state index in [1.165, 1.54) is 24.8 Å². The Balaban J connectivity index is 1.68. The Morgan fingerprint density at radius 2 is 2.08 bits per heavy atom. The van der Waals surface area contributed by atoms with E-state index in [4.69, 9.17) is 4.74 Å². The molecule has 3 heteroatoms. The summed E-state index contributed by atoms with van der Waals surface area (Å²) in [6, 6.07) is 6.67. The number of aliphatic hydroxyl groups is 1. The number of ether oxygens (including phenoxy) is 1. The topological polar surface area (TPSA) is 29.5 Å². The number of hydrogen-bond acceptors (Lipinski definition) is 2. The number of fused-ring (bicyclic) bond motifs is 5. The number of methoxy groups -OCH3 is 1. The number of rotatable bonds is 2. The summed E-state index contributed by atoms with van der Waals surface area (Å²) < 4.78 is 7.43. The SMILES string of the molecule is COc1ccc2c(c1)CC[C@@H]1[C@@H]2CC[C@@]2(C)[C@H]1CC[C@@]2(O)/C=C/I. The molecule has 1 aromatic carbocycles. The van der Waals surface area contributed by atoms with Crippen molar-refractivity contribution in [3.8, 4) is 5.75 Å². The molecule has 1 aromatic rings. The maximum absolute atomic E-state index is 11.3. The Bertz CT molecular complexity index is 670. The van der Waals surface area contributed by atoms with Crippen LogP contribution in [0.1, 0.15) is 56.1 Å². The van der Waals surface area contributed by atoms with Crippen LogP contribution in [0, 0.1) is 17.3 Å². The first-order valence-corrected chi connectivity index (χ1v) is 10.4. The van der Waals surface area contributed by atoms with Crippen molar-refractivity contribution < 1.29 is 9.84 Å². The van der Waals surface area contributed by atoms with Gasteiger partial charge in [0.1, 0.15) is 5.75 Å². The Kier molecular flexibility index (Phi) is 4.23. The molecule has 3 aliphatic carbocycles. The summed E-state index contributed by atoms with van der Waals surface area (Å²) in [4.78, 5) is 0. The maximum Gasteiger partial charge on any atom is 0.119 e. The van der Waals surface area contributed by atoms with E-state index in [0.29, 0.717) is 11.8 Å². The van der Waals surface area contributed by atoms with Crippen molar-refractivity contribution in [3.05, 3.63) is 39.5 Å². The van der Waals surface area contributed by atoms with Gasteiger partial charge in [0.15, 0.2) is 0 Å². The van der Waals surface area contributed by atoms with E-state index in [1.807, 2.05) is 4.08 Å². The Morgan fingerprint density at radius 1 is 1.25 bits per heavy atom. The quantitative estimate of drug-likeness (QED) is 0.641. The predicted octanol–water partition coefficient (Wildman–Crippen LogP) is 5.23. The van der Waals surface area contributed by atoms with E-state index in [9.17, 15) is 5.11 Å². The lowest BCUT2D eigenvalue weighted by atomic mass is 9.53. The van der Waals surface area contributed by atoms with E-state index < -0.39 is 5.60 Å². The molecule has 2 nitrogen and oxygen atoms in total. The Hall–Kier alpha value is -0.550. The number of aryl methyl sites for hydroxylation is 1. The average molecular weight is 438 g/mol. The molecule has 0 aliphatic heterocycles. The van der Waals surface area contributed by atoms with Gasteiger partial charge in [0.2, 0.25) is 0 Å². The molecule has 3 aliphatic rings. The molecule has 0 spiro atoms. The van der Waals surface area contributed by atoms with Gasteiger partial charge >= 0.3 is 0 Å². The summed E-state index contributed by atoms with van der Waals surface area (Å²) >= 11 is 2.25. The summed E-state index contributed by atoms with van der Waals surface area (Å²) in [5, 5.41) is 11.3. The normalized spacial score (nSPS) is 40.9. The van der Waals surface area contributed by atoms with Crippen molar-refractivity contribution in [2.45, 2.75) is 57.0 Å². The van der Waals surface area contributed by atoms with Crippen molar-refractivity contribution in [3.63, 3.8) is 0 Å².